The Bertz CT molecular complexity index is 697. The van der Waals surface area contributed by atoms with Crippen LogP contribution in [0.5, 0.6) is 0 Å². The van der Waals surface area contributed by atoms with E-state index in [1.54, 1.807) is 30.3 Å². The average Bonchev–Trinajstić information content (AvgIpc) is 2.59. The number of rotatable bonds is 6. The molecule has 0 spiro atoms. The molecule has 1 N–H and O–H groups in total. The maximum atomic E-state index is 12.8. The smallest absolute Gasteiger partial charge is 0.368 e. The summed E-state index contributed by atoms with van der Waals surface area (Å²) in [6.45, 7) is 0. The fourth-order valence-corrected chi connectivity index (χ4v) is 3.59. The molecule has 0 amide bonds. The first kappa shape index (κ1) is 18.5. The van der Waals surface area contributed by atoms with Gasteiger partial charge in [0.05, 0.1) is 5.56 Å². The molecule has 0 saturated heterocycles. The zero-order valence-electron chi connectivity index (χ0n) is 13.1. The number of anilines is 1. The Morgan fingerprint density at radius 3 is 1.96 bits per heavy atom. The molecule has 4 nitrogen and oxygen atoms in total. The summed E-state index contributed by atoms with van der Waals surface area (Å²) in [5, 5.41) is 2.94. The second-order valence-electron chi connectivity index (χ2n) is 4.94. The number of alkyl halides is 3. The van der Waals surface area contributed by atoms with Gasteiger partial charge < -0.3 is 14.4 Å². The van der Waals surface area contributed by atoms with E-state index >= 15 is 0 Å². The summed E-state index contributed by atoms with van der Waals surface area (Å²) in [5.41, 5.74) is 0.238. The van der Waals surface area contributed by atoms with Crippen molar-refractivity contribution in [1.29, 1.82) is 0 Å². The molecule has 0 bridgehead atoms. The second kappa shape index (κ2) is 7.38. The van der Waals surface area contributed by atoms with Crippen LogP contribution in [-0.4, -0.2) is 14.2 Å². The molecule has 0 aliphatic carbocycles. The quantitative estimate of drug-likeness (QED) is 0.711. The van der Waals surface area contributed by atoms with Crippen molar-refractivity contribution in [1.82, 2.24) is 0 Å². The molecule has 0 saturated carbocycles. The van der Waals surface area contributed by atoms with Gasteiger partial charge in [-0.25, -0.2) is 0 Å². The van der Waals surface area contributed by atoms with Crippen LogP contribution in [0.2, 0.25) is 0 Å². The second-order valence-corrected chi connectivity index (χ2v) is 7.26. The van der Waals surface area contributed by atoms with E-state index in [0.717, 1.165) is 12.1 Å². The van der Waals surface area contributed by atoms with Crippen LogP contribution in [0.3, 0.4) is 0 Å². The SMILES string of the molecule is COP(=O)(OC)C(Nc1ccc(C(F)(F)F)cc1)c1ccccc1. The minimum atomic E-state index is -4.41. The van der Waals surface area contributed by atoms with Crippen molar-refractivity contribution in [2.45, 2.75) is 12.0 Å². The van der Waals surface area contributed by atoms with E-state index in [1.807, 2.05) is 0 Å². The summed E-state index contributed by atoms with van der Waals surface area (Å²) >= 11 is 0. The van der Waals surface area contributed by atoms with Crippen LogP contribution in [0.1, 0.15) is 16.9 Å². The van der Waals surface area contributed by atoms with Crippen molar-refractivity contribution in [2.24, 2.45) is 0 Å². The number of hydrogen-bond acceptors (Lipinski definition) is 4. The van der Waals surface area contributed by atoms with Gasteiger partial charge in [-0.3, -0.25) is 4.57 Å². The summed E-state index contributed by atoms with van der Waals surface area (Å²) in [7, 11) is -1.04. The van der Waals surface area contributed by atoms with Gasteiger partial charge in [0, 0.05) is 19.9 Å². The highest BCUT2D eigenvalue weighted by molar-refractivity contribution is 7.54. The van der Waals surface area contributed by atoms with E-state index < -0.39 is 25.1 Å². The zero-order valence-corrected chi connectivity index (χ0v) is 14.0. The Hall–Kier alpha value is -1.82. The molecule has 24 heavy (non-hydrogen) atoms. The molecule has 0 aromatic heterocycles. The molecule has 0 radical (unpaired) electrons. The molecule has 1 unspecified atom stereocenters. The van der Waals surface area contributed by atoms with Crippen LogP contribution in [-0.2, 0) is 19.8 Å². The number of benzene rings is 2. The zero-order chi connectivity index (χ0) is 17.8. The van der Waals surface area contributed by atoms with E-state index in [1.165, 1.54) is 26.4 Å². The van der Waals surface area contributed by atoms with Gasteiger partial charge >= 0.3 is 13.8 Å². The first-order chi connectivity index (χ1) is 11.3. The molecular formula is C16H17F3NO3P. The Kier molecular flexibility index (Phi) is 5.70. The van der Waals surface area contributed by atoms with Crippen molar-refractivity contribution in [3.05, 3.63) is 65.7 Å². The van der Waals surface area contributed by atoms with Gasteiger partial charge in [-0.05, 0) is 29.8 Å². The highest BCUT2D eigenvalue weighted by Crippen LogP contribution is 2.59. The summed E-state index contributed by atoms with van der Waals surface area (Å²) in [5.74, 6) is -0.856. The first-order valence-corrected chi connectivity index (χ1v) is 8.61. The average molecular weight is 359 g/mol. The van der Waals surface area contributed by atoms with Gasteiger partial charge in [-0.2, -0.15) is 13.2 Å². The van der Waals surface area contributed by atoms with Crippen molar-refractivity contribution in [2.75, 3.05) is 19.5 Å². The molecule has 2 rings (SSSR count). The number of halogens is 3. The van der Waals surface area contributed by atoms with Crippen LogP contribution >= 0.6 is 7.60 Å². The summed E-state index contributed by atoms with van der Waals surface area (Å²) in [4.78, 5) is 0. The minimum absolute atomic E-state index is 0.367. The molecule has 1 atom stereocenters. The molecule has 0 fully saturated rings. The highest BCUT2D eigenvalue weighted by atomic mass is 31.2. The molecule has 0 aliphatic rings. The fraction of sp³-hybridized carbons (Fsp3) is 0.250. The standard InChI is InChI=1S/C16H17F3NO3P/c1-22-24(21,23-2)15(12-6-4-3-5-7-12)20-14-10-8-13(9-11-14)16(17,18)19/h3-11,15,20H,1-2H3. The lowest BCUT2D eigenvalue weighted by molar-refractivity contribution is -0.137. The molecular weight excluding hydrogens is 342 g/mol. The lowest BCUT2D eigenvalue weighted by Crippen LogP contribution is -2.14. The minimum Gasteiger partial charge on any atom is -0.368 e. The van der Waals surface area contributed by atoms with E-state index in [0.29, 0.717) is 11.3 Å². The molecule has 0 heterocycles. The van der Waals surface area contributed by atoms with Gasteiger partial charge in [0.25, 0.3) is 0 Å². The molecule has 130 valence electrons. The Balaban J connectivity index is 2.34. The van der Waals surface area contributed by atoms with Gasteiger partial charge in [0.2, 0.25) is 0 Å². The van der Waals surface area contributed by atoms with Gasteiger partial charge in [-0.1, -0.05) is 30.3 Å². The first-order valence-electron chi connectivity index (χ1n) is 7.00. The summed E-state index contributed by atoms with van der Waals surface area (Å²) in [6, 6.07) is 13.2. The van der Waals surface area contributed by atoms with Crippen LogP contribution in [0.4, 0.5) is 18.9 Å². The van der Waals surface area contributed by atoms with Crippen LogP contribution in [0.15, 0.2) is 54.6 Å². The predicted octanol–water partition coefficient (Wildman–Crippen LogP) is 5.30. The van der Waals surface area contributed by atoms with Crippen LogP contribution in [0.25, 0.3) is 0 Å². The van der Waals surface area contributed by atoms with Crippen molar-refractivity contribution < 1.29 is 26.8 Å². The maximum absolute atomic E-state index is 12.8. The topological polar surface area (TPSA) is 47.6 Å². The van der Waals surface area contributed by atoms with E-state index in [2.05, 4.69) is 5.32 Å². The molecule has 8 heteroatoms. The van der Waals surface area contributed by atoms with E-state index in [9.17, 15) is 17.7 Å². The summed E-state index contributed by atoms with van der Waals surface area (Å²) < 4.78 is 60.8. The van der Waals surface area contributed by atoms with Crippen LogP contribution < -0.4 is 5.32 Å². The predicted molar refractivity (Wildman–Crippen MR) is 85.9 cm³/mol. The summed E-state index contributed by atoms with van der Waals surface area (Å²) in [6.07, 6.45) is -4.41. The van der Waals surface area contributed by atoms with Gasteiger partial charge in [0.15, 0.2) is 5.78 Å². The maximum Gasteiger partial charge on any atom is 0.416 e. The van der Waals surface area contributed by atoms with Crippen molar-refractivity contribution in [3.8, 4) is 0 Å². The third-order valence-corrected chi connectivity index (χ3v) is 5.53. The molecule has 2 aromatic carbocycles. The normalized spacial score (nSPS) is 13.5. The number of hydrogen-bond donors (Lipinski definition) is 1. The van der Waals surface area contributed by atoms with Crippen molar-refractivity contribution in [3.63, 3.8) is 0 Å². The van der Waals surface area contributed by atoms with E-state index in [-0.39, 0.29) is 0 Å². The van der Waals surface area contributed by atoms with Crippen LogP contribution in [0, 0.1) is 0 Å². The lowest BCUT2D eigenvalue weighted by Gasteiger charge is -2.26. The van der Waals surface area contributed by atoms with Crippen molar-refractivity contribution >= 4 is 13.3 Å². The Labute approximate surface area is 138 Å². The molecule has 2 aromatic rings. The third kappa shape index (κ3) is 4.17. The number of nitrogens with one attached hydrogen (secondary N) is 1. The monoisotopic (exact) mass is 359 g/mol. The lowest BCUT2D eigenvalue weighted by atomic mass is 10.2. The fourth-order valence-electron chi connectivity index (χ4n) is 2.18. The highest BCUT2D eigenvalue weighted by Gasteiger charge is 2.36. The van der Waals surface area contributed by atoms with Gasteiger partial charge in [0.1, 0.15) is 0 Å². The molecule has 0 aliphatic heterocycles. The Morgan fingerprint density at radius 1 is 0.958 bits per heavy atom. The third-order valence-electron chi connectivity index (χ3n) is 3.46. The van der Waals surface area contributed by atoms with Gasteiger partial charge in [-0.15, -0.1) is 0 Å². The van der Waals surface area contributed by atoms with E-state index in [4.69, 9.17) is 9.05 Å². The Morgan fingerprint density at radius 2 is 1.50 bits per heavy atom. The largest absolute Gasteiger partial charge is 0.416 e.